The topological polar surface area (TPSA) is 109 Å². The lowest BCUT2D eigenvalue weighted by Gasteiger charge is -2.02. The standard InChI is InChI=1S/C14H11N7OS/c15-6-11-17-9-21(20-11)8-12-18-19-14(23-12)13(22)16-7-10-4-2-1-3-5-10/h1-5,9H,7-8H2,(H,16,22). The predicted octanol–water partition coefficient (Wildman–Crippen LogP) is 0.980. The van der Waals surface area contributed by atoms with Crippen molar-refractivity contribution >= 4 is 17.2 Å². The number of benzene rings is 1. The molecule has 23 heavy (non-hydrogen) atoms. The maximum atomic E-state index is 12.1. The molecule has 0 unspecified atom stereocenters. The van der Waals surface area contributed by atoms with Crippen molar-refractivity contribution in [2.45, 2.75) is 13.1 Å². The van der Waals surface area contributed by atoms with Crippen LogP contribution in [0, 0.1) is 11.3 Å². The number of aromatic nitrogens is 5. The Labute approximate surface area is 135 Å². The monoisotopic (exact) mass is 325 g/mol. The van der Waals surface area contributed by atoms with E-state index < -0.39 is 0 Å². The molecule has 0 aliphatic heterocycles. The third-order valence-corrected chi connectivity index (χ3v) is 3.80. The van der Waals surface area contributed by atoms with Gasteiger partial charge in [0, 0.05) is 6.54 Å². The van der Waals surface area contributed by atoms with Crippen molar-refractivity contribution in [3.63, 3.8) is 0 Å². The second-order valence-electron chi connectivity index (χ2n) is 4.55. The van der Waals surface area contributed by atoms with Crippen LogP contribution in [-0.4, -0.2) is 30.9 Å². The minimum Gasteiger partial charge on any atom is -0.346 e. The Balaban J connectivity index is 1.60. The van der Waals surface area contributed by atoms with Gasteiger partial charge in [0.2, 0.25) is 5.01 Å². The second-order valence-corrected chi connectivity index (χ2v) is 5.61. The molecule has 3 aromatic rings. The normalized spacial score (nSPS) is 10.2. The van der Waals surface area contributed by atoms with E-state index in [1.165, 1.54) is 22.3 Å². The van der Waals surface area contributed by atoms with Crippen molar-refractivity contribution in [2.75, 3.05) is 0 Å². The Morgan fingerprint density at radius 2 is 2.13 bits per heavy atom. The summed E-state index contributed by atoms with van der Waals surface area (Å²) >= 11 is 1.18. The van der Waals surface area contributed by atoms with Gasteiger partial charge in [-0.25, -0.2) is 9.67 Å². The quantitative estimate of drug-likeness (QED) is 0.749. The molecule has 9 heteroatoms. The van der Waals surface area contributed by atoms with Crippen molar-refractivity contribution in [3.8, 4) is 6.07 Å². The summed E-state index contributed by atoms with van der Waals surface area (Å²) in [6.45, 7) is 0.751. The highest BCUT2D eigenvalue weighted by molar-refractivity contribution is 7.13. The Bertz CT molecular complexity index is 849. The molecule has 0 fully saturated rings. The third-order valence-electron chi connectivity index (χ3n) is 2.89. The molecule has 1 aromatic carbocycles. The number of nitriles is 1. The van der Waals surface area contributed by atoms with E-state index in [0.29, 0.717) is 18.1 Å². The first-order valence-electron chi connectivity index (χ1n) is 6.68. The van der Waals surface area contributed by atoms with Gasteiger partial charge in [-0.1, -0.05) is 41.7 Å². The summed E-state index contributed by atoms with van der Waals surface area (Å²) in [7, 11) is 0. The van der Waals surface area contributed by atoms with Crippen molar-refractivity contribution in [2.24, 2.45) is 0 Å². The summed E-state index contributed by atoms with van der Waals surface area (Å²) in [5.74, 6) is -0.177. The number of hydrogen-bond donors (Lipinski definition) is 1. The fourth-order valence-electron chi connectivity index (χ4n) is 1.82. The van der Waals surface area contributed by atoms with Crippen LogP contribution in [0.3, 0.4) is 0 Å². The van der Waals surface area contributed by atoms with E-state index in [1.54, 1.807) is 0 Å². The number of rotatable bonds is 5. The molecule has 0 atom stereocenters. The first-order valence-corrected chi connectivity index (χ1v) is 7.50. The molecule has 0 spiro atoms. The smallest absolute Gasteiger partial charge is 0.282 e. The zero-order chi connectivity index (χ0) is 16.1. The van der Waals surface area contributed by atoms with Gasteiger partial charge in [-0.15, -0.1) is 15.3 Å². The van der Waals surface area contributed by atoms with Gasteiger partial charge in [0.1, 0.15) is 17.4 Å². The number of nitrogens with one attached hydrogen (secondary N) is 1. The third kappa shape index (κ3) is 3.75. The molecule has 1 N–H and O–H groups in total. The summed E-state index contributed by atoms with van der Waals surface area (Å²) in [4.78, 5) is 15.9. The fraction of sp³-hybridized carbons (Fsp3) is 0.143. The summed E-state index contributed by atoms with van der Waals surface area (Å²) in [6, 6.07) is 11.5. The zero-order valence-corrected chi connectivity index (χ0v) is 12.7. The molecule has 8 nitrogen and oxygen atoms in total. The highest BCUT2D eigenvalue weighted by Gasteiger charge is 2.13. The van der Waals surface area contributed by atoms with Crippen LogP contribution in [0.15, 0.2) is 36.7 Å². The van der Waals surface area contributed by atoms with Gasteiger partial charge < -0.3 is 5.32 Å². The highest BCUT2D eigenvalue weighted by Crippen LogP contribution is 2.11. The fourth-order valence-corrected chi connectivity index (χ4v) is 2.57. The molecular weight excluding hydrogens is 314 g/mol. The van der Waals surface area contributed by atoms with Gasteiger partial charge in [-0.05, 0) is 5.56 Å². The molecule has 0 bridgehead atoms. The summed E-state index contributed by atoms with van der Waals surface area (Å²) < 4.78 is 1.48. The number of carbonyl (C=O) groups is 1. The maximum absolute atomic E-state index is 12.1. The zero-order valence-electron chi connectivity index (χ0n) is 11.9. The summed E-state index contributed by atoms with van der Waals surface area (Å²) in [5.41, 5.74) is 1.01. The number of hydrogen-bond acceptors (Lipinski definition) is 7. The van der Waals surface area contributed by atoms with E-state index in [4.69, 9.17) is 5.26 Å². The van der Waals surface area contributed by atoms with Crippen molar-refractivity contribution in [1.29, 1.82) is 5.26 Å². The number of carbonyl (C=O) groups excluding carboxylic acids is 1. The van der Waals surface area contributed by atoms with Crippen molar-refractivity contribution < 1.29 is 4.79 Å². The van der Waals surface area contributed by atoms with Crippen LogP contribution >= 0.6 is 11.3 Å². The van der Waals surface area contributed by atoms with Crippen LogP contribution in [-0.2, 0) is 13.1 Å². The van der Waals surface area contributed by atoms with Crippen LogP contribution in [0.25, 0.3) is 0 Å². The SMILES string of the molecule is N#Cc1ncn(Cc2nnc(C(=O)NCc3ccccc3)s2)n1. The van der Waals surface area contributed by atoms with Gasteiger partial charge in [0.15, 0.2) is 0 Å². The Morgan fingerprint density at radius 3 is 2.87 bits per heavy atom. The first kappa shape index (κ1) is 14.8. The van der Waals surface area contributed by atoms with Crippen LogP contribution in [0.1, 0.15) is 26.2 Å². The lowest BCUT2D eigenvalue weighted by molar-refractivity contribution is 0.0950. The molecule has 0 radical (unpaired) electrons. The largest absolute Gasteiger partial charge is 0.346 e. The van der Waals surface area contributed by atoms with E-state index in [1.807, 2.05) is 36.4 Å². The van der Waals surface area contributed by atoms with E-state index >= 15 is 0 Å². The van der Waals surface area contributed by atoms with Gasteiger partial charge in [0.25, 0.3) is 11.7 Å². The minimum atomic E-state index is -0.270. The molecule has 114 valence electrons. The van der Waals surface area contributed by atoms with Crippen LogP contribution in [0.2, 0.25) is 0 Å². The van der Waals surface area contributed by atoms with E-state index in [0.717, 1.165) is 5.56 Å². The van der Waals surface area contributed by atoms with Crippen molar-refractivity contribution in [3.05, 3.63) is 58.1 Å². The molecule has 0 saturated heterocycles. The van der Waals surface area contributed by atoms with Crippen LogP contribution < -0.4 is 5.32 Å². The summed E-state index contributed by atoms with van der Waals surface area (Å²) in [5, 5.41) is 24.2. The van der Waals surface area contributed by atoms with Crippen LogP contribution in [0.4, 0.5) is 0 Å². The van der Waals surface area contributed by atoms with Gasteiger partial charge in [0.05, 0.1) is 6.54 Å². The molecule has 2 aromatic heterocycles. The van der Waals surface area contributed by atoms with Gasteiger partial charge in [-0.2, -0.15) is 5.26 Å². The molecule has 3 rings (SSSR count). The molecule has 0 saturated carbocycles. The van der Waals surface area contributed by atoms with Crippen LogP contribution in [0.5, 0.6) is 0 Å². The molecule has 0 aliphatic carbocycles. The minimum absolute atomic E-state index is 0.0929. The number of nitrogens with zero attached hydrogens (tertiary/aromatic N) is 6. The second kappa shape index (κ2) is 6.76. The average molecular weight is 325 g/mol. The highest BCUT2D eigenvalue weighted by atomic mass is 32.1. The summed E-state index contributed by atoms with van der Waals surface area (Å²) in [6.07, 6.45) is 1.44. The van der Waals surface area contributed by atoms with Crippen molar-refractivity contribution in [1.82, 2.24) is 30.3 Å². The van der Waals surface area contributed by atoms with E-state index in [9.17, 15) is 4.79 Å². The van der Waals surface area contributed by atoms with E-state index in [-0.39, 0.29) is 16.7 Å². The van der Waals surface area contributed by atoms with E-state index in [2.05, 4.69) is 25.6 Å². The average Bonchev–Trinajstić information content (AvgIpc) is 3.23. The Hall–Kier alpha value is -3.12. The Morgan fingerprint density at radius 1 is 1.30 bits per heavy atom. The molecule has 2 heterocycles. The maximum Gasteiger partial charge on any atom is 0.282 e. The lowest BCUT2D eigenvalue weighted by Crippen LogP contribution is -2.22. The molecular formula is C14H11N7OS. The molecule has 1 amide bonds. The Kier molecular flexibility index (Phi) is 4.35. The number of amides is 1. The molecule has 0 aliphatic rings. The van der Waals surface area contributed by atoms with Gasteiger partial charge in [-0.3, -0.25) is 4.79 Å². The predicted molar refractivity (Wildman–Crippen MR) is 81.4 cm³/mol. The first-order chi connectivity index (χ1) is 11.2. The van der Waals surface area contributed by atoms with Gasteiger partial charge >= 0.3 is 0 Å². The lowest BCUT2D eigenvalue weighted by atomic mass is 10.2.